The van der Waals surface area contributed by atoms with Crippen LogP contribution in [0.2, 0.25) is 0 Å². The number of carbonyl (C=O) groups excluding carboxylic acids is 2. The maximum absolute atomic E-state index is 12.4. The Morgan fingerprint density at radius 2 is 1.96 bits per heavy atom. The minimum absolute atomic E-state index is 0.0178. The van der Waals surface area contributed by atoms with E-state index >= 15 is 0 Å². The summed E-state index contributed by atoms with van der Waals surface area (Å²) in [5.41, 5.74) is 5.61. The summed E-state index contributed by atoms with van der Waals surface area (Å²) in [6, 6.07) is 3.46. The predicted octanol–water partition coefficient (Wildman–Crippen LogP) is 2.43. The molecule has 0 aliphatic carbocycles. The molecule has 24 heavy (non-hydrogen) atoms. The number of esters is 1. The van der Waals surface area contributed by atoms with Crippen molar-refractivity contribution in [2.75, 3.05) is 19.0 Å². The molecule has 0 fully saturated rings. The third-order valence-corrected chi connectivity index (χ3v) is 3.15. The Labute approximate surface area is 139 Å². The van der Waals surface area contributed by atoms with E-state index in [1.165, 1.54) is 25.3 Å². The number of primary amides is 1. The number of benzene rings is 1. The van der Waals surface area contributed by atoms with Crippen molar-refractivity contribution in [1.82, 2.24) is 0 Å². The van der Waals surface area contributed by atoms with Gasteiger partial charge < -0.3 is 20.5 Å². The number of rotatable bonds is 9. The molecule has 134 valence electrons. The Morgan fingerprint density at radius 1 is 1.29 bits per heavy atom. The van der Waals surface area contributed by atoms with Crippen molar-refractivity contribution < 1.29 is 27.8 Å². The molecular weight excluding hydrogens is 322 g/mol. The molecular formula is C16H22F2N2O4. The summed E-state index contributed by atoms with van der Waals surface area (Å²) in [5.74, 6) is -0.987. The van der Waals surface area contributed by atoms with Crippen LogP contribution in [-0.4, -0.2) is 38.1 Å². The molecule has 1 atom stereocenters. The largest absolute Gasteiger partial charge is 0.485 e. The summed E-state index contributed by atoms with van der Waals surface area (Å²) < 4.78 is 34.6. The smallest absolute Gasteiger partial charge is 0.328 e. The number of ether oxygens (including phenoxy) is 2. The lowest BCUT2D eigenvalue weighted by Gasteiger charge is -2.21. The van der Waals surface area contributed by atoms with E-state index in [1.54, 1.807) is 0 Å². The SMILES string of the molecule is COC(=O)C(CC(C)C)Nc1ccc(C(N)=O)cc1OCC(F)F. The van der Waals surface area contributed by atoms with Gasteiger partial charge in [0.15, 0.2) is 0 Å². The summed E-state index contributed by atoms with van der Waals surface area (Å²) in [7, 11) is 1.27. The van der Waals surface area contributed by atoms with E-state index in [2.05, 4.69) is 5.32 Å². The van der Waals surface area contributed by atoms with Gasteiger partial charge in [-0.3, -0.25) is 4.79 Å². The van der Waals surface area contributed by atoms with Crippen molar-refractivity contribution in [3.8, 4) is 5.75 Å². The number of anilines is 1. The van der Waals surface area contributed by atoms with Crippen LogP contribution in [0.4, 0.5) is 14.5 Å². The third-order valence-electron chi connectivity index (χ3n) is 3.15. The maximum Gasteiger partial charge on any atom is 0.328 e. The molecule has 0 heterocycles. The fraction of sp³-hybridized carbons (Fsp3) is 0.500. The Balaban J connectivity index is 3.09. The Bertz CT molecular complexity index is 579. The lowest BCUT2D eigenvalue weighted by Crippen LogP contribution is -2.32. The highest BCUT2D eigenvalue weighted by atomic mass is 19.3. The summed E-state index contributed by atoms with van der Waals surface area (Å²) in [6.45, 7) is 3.02. The fourth-order valence-corrected chi connectivity index (χ4v) is 2.08. The quantitative estimate of drug-likeness (QED) is 0.672. The molecule has 0 aromatic heterocycles. The first-order valence-electron chi connectivity index (χ1n) is 7.43. The van der Waals surface area contributed by atoms with Gasteiger partial charge in [0, 0.05) is 5.56 Å². The molecule has 8 heteroatoms. The van der Waals surface area contributed by atoms with Gasteiger partial charge in [-0.2, -0.15) is 0 Å². The molecule has 3 N–H and O–H groups in total. The van der Waals surface area contributed by atoms with E-state index in [-0.39, 0.29) is 17.2 Å². The number of halogens is 2. The molecule has 1 aromatic rings. The van der Waals surface area contributed by atoms with Crippen LogP contribution in [0, 0.1) is 5.92 Å². The average molecular weight is 344 g/mol. The summed E-state index contributed by atoms with van der Waals surface area (Å²) >= 11 is 0. The zero-order valence-electron chi connectivity index (χ0n) is 13.8. The second kappa shape index (κ2) is 9.05. The minimum Gasteiger partial charge on any atom is -0.485 e. The molecule has 6 nitrogen and oxygen atoms in total. The van der Waals surface area contributed by atoms with Crippen LogP contribution in [0.5, 0.6) is 5.75 Å². The average Bonchev–Trinajstić information content (AvgIpc) is 2.51. The van der Waals surface area contributed by atoms with E-state index in [0.29, 0.717) is 12.1 Å². The second-order valence-electron chi connectivity index (χ2n) is 5.63. The molecule has 0 bridgehead atoms. The number of nitrogens with two attached hydrogens (primary N) is 1. The van der Waals surface area contributed by atoms with Gasteiger partial charge in [-0.1, -0.05) is 13.8 Å². The highest BCUT2D eigenvalue weighted by Gasteiger charge is 2.22. The molecule has 1 aromatic carbocycles. The summed E-state index contributed by atoms with van der Waals surface area (Å²) in [5, 5.41) is 2.92. The number of hydrogen-bond acceptors (Lipinski definition) is 5. The van der Waals surface area contributed by atoms with E-state index in [0.717, 1.165) is 0 Å². The van der Waals surface area contributed by atoms with E-state index < -0.39 is 31.0 Å². The number of alkyl halides is 2. The topological polar surface area (TPSA) is 90.6 Å². The zero-order chi connectivity index (χ0) is 18.3. The monoisotopic (exact) mass is 344 g/mol. The van der Waals surface area contributed by atoms with Gasteiger partial charge in [-0.15, -0.1) is 0 Å². The zero-order valence-corrected chi connectivity index (χ0v) is 13.8. The minimum atomic E-state index is -2.68. The highest BCUT2D eigenvalue weighted by molar-refractivity contribution is 5.94. The first kappa shape index (κ1) is 19.7. The van der Waals surface area contributed by atoms with Crippen LogP contribution >= 0.6 is 0 Å². The van der Waals surface area contributed by atoms with E-state index in [9.17, 15) is 18.4 Å². The van der Waals surface area contributed by atoms with Crippen molar-refractivity contribution in [2.45, 2.75) is 32.7 Å². The van der Waals surface area contributed by atoms with Crippen molar-refractivity contribution in [3.63, 3.8) is 0 Å². The Kier molecular flexibility index (Phi) is 7.41. The third kappa shape index (κ3) is 6.02. The van der Waals surface area contributed by atoms with Gasteiger partial charge in [0.1, 0.15) is 18.4 Å². The number of methoxy groups -OCH3 is 1. The van der Waals surface area contributed by atoms with Crippen LogP contribution in [-0.2, 0) is 9.53 Å². The summed E-state index contributed by atoms with van der Waals surface area (Å²) in [6.07, 6.45) is -2.21. The lowest BCUT2D eigenvalue weighted by atomic mass is 10.0. The number of amides is 1. The number of carbonyl (C=O) groups is 2. The fourth-order valence-electron chi connectivity index (χ4n) is 2.08. The summed E-state index contributed by atoms with van der Waals surface area (Å²) in [4.78, 5) is 23.1. The molecule has 1 amide bonds. The molecule has 0 radical (unpaired) electrons. The first-order chi connectivity index (χ1) is 11.2. The molecule has 0 spiro atoms. The van der Waals surface area contributed by atoms with Gasteiger partial charge in [0.2, 0.25) is 5.91 Å². The van der Waals surface area contributed by atoms with Crippen molar-refractivity contribution in [1.29, 1.82) is 0 Å². The maximum atomic E-state index is 12.4. The second-order valence-corrected chi connectivity index (χ2v) is 5.63. The molecule has 0 aliphatic rings. The molecule has 1 rings (SSSR count). The normalized spacial score (nSPS) is 12.1. The first-order valence-corrected chi connectivity index (χ1v) is 7.43. The predicted molar refractivity (Wildman–Crippen MR) is 85.3 cm³/mol. The van der Waals surface area contributed by atoms with E-state index in [4.69, 9.17) is 15.2 Å². The molecule has 0 saturated carbocycles. The standard InChI is InChI=1S/C16H22F2N2O4/c1-9(2)6-12(16(22)23-3)20-11-5-4-10(15(19)21)7-13(11)24-8-14(17)18/h4-5,7,9,12,14,20H,6,8H2,1-3H3,(H2,19,21). The van der Waals surface area contributed by atoms with Gasteiger partial charge in [0.05, 0.1) is 12.8 Å². The van der Waals surface area contributed by atoms with E-state index in [1.807, 2.05) is 13.8 Å². The van der Waals surface area contributed by atoms with Crippen LogP contribution in [0.25, 0.3) is 0 Å². The Morgan fingerprint density at radius 3 is 2.46 bits per heavy atom. The van der Waals surface area contributed by atoms with Crippen molar-refractivity contribution >= 4 is 17.6 Å². The molecule has 0 aliphatic heterocycles. The number of nitrogens with one attached hydrogen (secondary N) is 1. The highest BCUT2D eigenvalue weighted by Crippen LogP contribution is 2.28. The molecule has 0 saturated heterocycles. The molecule has 1 unspecified atom stereocenters. The lowest BCUT2D eigenvalue weighted by molar-refractivity contribution is -0.141. The van der Waals surface area contributed by atoms with Crippen LogP contribution in [0.15, 0.2) is 18.2 Å². The van der Waals surface area contributed by atoms with Crippen LogP contribution < -0.4 is 15.8 Å². The Hall–Kier alpha value is -2.38. The van der Waals surface area contributed by atoms with Gasteiger partial charge in [-0.25, -0.2) is 13.6 Å². The van der Waals surface area contributed by atoms with Crippen molar-refractivity contribution in [3.05, 3.63) is 23.8 Å². The van der Waals surface area contributed by atoms with Gasteiger partial charge >= 0.3 is 5.97 Å². The van der Waals surface area contributed by atoms with Gasteiger partial charge in [0.25, 0.3) is 6.43 Å². The number of hydrogen-bond donors (Lipinski definition) is 2. The van der Waals surface area contributed by atoms with Crippen LogP contribution in [0.1, 0.15) is 30.6 Å². The van der Waals surface area contributed by atoms with Crippen LogP contribution in [0.3, 0.4) is 0 Å². The van der Waals surface area contributed by atoms with Crippen molar-refractivity contribution in [2.24, 2.45) is 11.7 Å². The van der Waals surface area contributed by atoms with Gasteiger partial charge in [-0.05, 0) is 30.5 Å².